The summed E-state index contributed by atoms with van der Waals surface area (Å²) in [5.41, 5.74) is 0. The van der Waals surface area contributed by atoms with E-state index < -0.39 is 8.07 Å². The van der Waals surface area contributed by atoms with E-state index in [9.17, 15) is 0 Å². The fourth-order valence-electron chi connectivity index (χ4n) is 2.81. The highest BCUT2D eigenvalue weighted by atomic mass is 28.3. The molecular weight excluding hydrogens is 272 g/mol. The van der Waals surface area contributed by atoms with Crippen LogP contribution >= 0.6 is 0 Å². The predicted molar refractivity (Wildman–Crippen MR) is 95.2 cm³/mol. The quantitative estimate of drug-likeness (QED) is 0.470. The van der Waals surface area contributed by atoms with Crippen molar-refractivity contribution >= 4 is 23.8 Å². The van der Waals surface area contributed by atoms with E-state index >= 15 is 0 Å². The Balaban J connectivity index is 2.65. The standard InChI is InChI=1S/C18H24N2Si/c1-5-18(19-20(2)3)21(4,16-12-8-6-9-13-16)17-14-10-7-11-15-17/h6-15H,5H2,1-4H3/b19-18-. The highest BCUT2D eigenvalue weighted by Gasteiger charge is 2.36. The lowest BCUT2D eigenvalue weighted by Crippen LogP contribution is -2.62. The largest absolute Gasteiger partial charge is 0.304 e. The molecule has 0 bridgehead atoms. The third-order valence-electron chi connectivity index (χ3n) is 3.94. The molecule has 0 N–H and O–H groups in total. The van der Waals surface area contributed by atoms with Gasteiger partial charge in [0.15, 0.2) is 8.07 Å². The van der Waals surface area contributed by atoms with Gasteiger partial charge in [0.25, 0.3) is 0 Å². The van der Waals surface area contributed by atoms with Crippen LogP contribution in [0, 0.1) is 0 Å². The maximum Gasteiger partial charge on any atom is 0.165 e. The lowest BCUT2D eigenvalue weighted by Gasteiger charge is -2.30. The molecule has 2 nitrogen and oxygen atoms in total. The second kappa shape index (κ2) is 6.72. The van der Waals surface area contributed by atoms with Crippen LogP contribution in [0.25, 0.3) is 0 Å². The summed E-state index contributed by atoms with van der Waals surface area (Å²) in [7, 11) is 2.02. The number of hydrogen-bond acceptors (Lipinski definition) is 2. The second-order valence-electron chi connectivity index (χ2n) is 5.60. The Hall–Kier alpha value is -1.87. The van der Waals surface area contributed by atoms with Gasteiger partial charge in [-0.05, 0) is 16.8 Å². The van der Waals surface area contributed by atoms with Gasteiger partial charge >= 0.3 is 0 Å². The topological polar surface area (TPSA) is 15.6 Å². The third kappa shape index (κ3) is 3.24. The summed E-state index contributed by atoms with van der Waals surface area (Å²) in [5.74, 6) is 0. The van der Waals surface area contributed by atoms with E-state index in [1.165, 1.54) is 15.7 Å². The summed E-state index contributed by atoms with van der Waals surface area (Å²) in [6.45, 7) is 4.61. The van der Waals surface area contributed by atoms with E-state index in [0.717, 1.165) is 6.42 Å². The van der Waals surface area contributed by atoms with Crippen LogP contribution in [0.15, 0.2) is 65.8 Å². The third-order valence-corrected chi connectivity index (χ3v) is 8.52. The molecule has 3 heteroatoms. The molecule has 0 radical (unpaired) electrons. The first-order valence-corrected chi connectivity index (χ1v) is 9.95. The average Bonchev–Trinajstić information content (AvgIpc) is 2.53. The second-order valence-corrected chi connectivity index (χ2v) is 9.59. The Bertz CT molecular complexity index is 552. The molecule has 2 rings (SSSR count). The van der Waals surface area contributed by atoms with Crippen LogP contribution in [-0.4, -0.2) is 32.5 Å². The molecule has 0 heterocycles. The number of benzene rings is 2. The first-order valence-electron chi connectivity index (χ1n) is 7.45. The Morgan fingerprint density at radius 2 is 1.33 bits per heavy atom. The van der Waals surface area contributed by atoms with Gasteiger partial charge in [-0.3, -0.25) is 0 Å². The molecule has 110 valence electrons. The monoisotopic (exact) mass is 296 g/mol. The van der Waals surface area contributed by atoms with Gasteiger partial charge in [0.05, 0.1) is 0 Å². The molecule has 0 saturated heterocycles. The molecular formula is C18H24N2Si. The zero-order valence-corrected chi connectivity index (χ0v) is 14.4. The van der Waals surface area contributed by atoms with Crippen LogP contribution in [0.2, 0.25) is 6.55 Å². The van der Waals surface area contributed by atoms with Crippen molar-refractivity contribution in [3.63, 3.8) is 0 Å². The number of nitrogens with zero attached hydrogens (tertiary/aromatic N) is 2. The van der Waals surface area contributed by atoms with Gasteiger partial charge in [0, 0.05) is 19.4 Å². The summed E-state index contributed by atoms with van der Waals surface area (Å²) in [6.07, 6.45) is 0.977. The molecule has 2 aromatic carbocycles. The van der Waals surface area contributed by atoms with Crippen LogP contribution in [0.1, 0.15) is 13.3 Å². The first-order chi connectivity index (χ1) is 10.1. The van der Waals surface area contributed by atoms with Crippen LogP contribution < -0.4 is 10.4 Å². The van der Waals surface area contributed by atoms with Crippen LogP contribution in [0.4, 0.5) is 0 Å². The van der Waals surface area contributed by atoms with E-state index in [1.807, 2.05) is 19.1 Å². The van der Waals surface area contributed by atoms with Crippen molar-refractivity contribution in [3.05, 3.63) is 60.7 Å². The summed E-state index contributed by atoms with van der Waals surface area (Å²) in [5, 5.41) is 10.9. The maximum absolute atomic E-state index is 4.83. The van der Waals surface area contributed by atoms with E-state index in [-0.39, 0.29) is 0 Å². The lowest BCUT2D eigenvalue weighted by atomic mass is 10.4. The van der Waals surface area contributed by atoms with Gasteiger partial charge < -0.3 is 5.01 Å². The van der Waals surface area contributed by atoms with E-state index in [1.54, 1.807) is 0 Å². The molecule has 0 aromatic heterocycles. The number of hydrogen-bond donors (Lipinski definition) is 0. The predicted octanol–water partition coefficient (Wildman–Crippen LogP) is 2.75. The van der Waals surface area contributed by atoms with Gasteiger partial charge in [-0.25, -0.2) is 0 Å². The van der Waals surface area contributed by atoms with Crippen molar-refractivity contribution in [2.24, 2.45) is 5.10 Å². The molecule has 0 aliphatic carbocycles. The van der Waals surface area contributed by atoms with Crippen molar-refractivity contribution in [2.75, 3.05) is 14.1 Å². The highest BCUT2D eigenvalue weighted by Crippen LogP contribution is 2.11. The van der Waals surface area contributed by atoms with Crippen molar-refractivity contribution in [3.8, 4) is 0 Å². The van der Waals surface area contributed by atoms with Gasteiger partial charge in [-0.1, -0.05) is 74.1 Å². The van der Waals surface area contributed by atoms with Gasteiger partial charge in [-0.15, -0.1) is 0 Å². The summed E-state index contributed by atoms with van der Waals surface area (Å²) < 4.78 is 0. The summed E-state index contributed by atoms with van der Waals surface area (Å²) in [4.78, 5) is 0. The smallest absolute Gasteiger partial charge is 0.165 e. The first kappa shape index (κ1) is 15.5. The van der Waals surface area contributed by atoms with Crippen LogP contribution in [-0.2, 0) is 0 Å². The Kier molecular flexibility index (Phi) is 4.97. The van der Waals surface area contributed by atoms with Gasteiger partial charge in [0.2, 0.25) is 0 Å². The minimum absolute atomic E-state index is 0.977. The fourth-order valence-corrected chi connectivity index (χ4v) is 6.63. The molecule has 0 spiro atoms. The van der Waals surface area contributed by atoms with Crippen LogP contribution in [0.5, 0.6) is 0 Å². The Labute approximate surface area is 129 Å². The van der Waals surface area contributed by atoms with Crippen molar-refractivity contribution in [1.29, 1.82) is 0 Å². The lowest BCUT2D eigenvalue weighted by molar-refractivity contribution is 0.438. The minimum atomic E-state index is -1.99. The number of hydrazone groups is 1. The number of rotatable bonds is 5. The van der Waals surface area contributed by atoms with Gasteiger partial charge in [-0.2, -0.15) is 5.10 Å². The molecule has 0 atom stereocenters. The maximum atomic E-state index is 4.83. The molecule has 0 amide bonds. The van der Waals surface area contributed by atoms with Crippen molar-refractivity contribution < 1.29 is 0 Å². The van der Waals surface area contributed by atoms with Gasteiger partial charge in [0.1, 0.15) is 0 Å². The summed E-state index contributed by atoms with van der Waals surface area (Å²) >= 11 is 0. The molecule has 0 saturated carbocycles. The molecule has 21 heavy (non-hydrogen) atoms. The zero-order valence-electron chi connectivity index (χ0n) is 13.4. The highest BCUT2D eigenvalue weighted by molar-refractivity contribution is 7.22. The normalized spacial score (nSPS) is 12.3. The van der Waals surface area contributed by atoms with E-state index in [0.29, 0.717) is 0 Å². The average molecular weight is 296 g/mol. The molecule has 0 aliphatic heterocycles. The summed E-state index contributed by atoms with van der Waals surface area (Å²) in [6, 6.07) is 21.7. The zero-order chi connectivity index (χ0) is 15.3. The molecule has 0 fully saturated rings. The minimum Gasteiger partial charge on any atom is -0.304 e. The molecule has 0 unspecified atom stereocenters. The Morgan fingerprint density at radius 3 is 1.67 bits per heavy atom. The molecule has 0 aliphatic rings. The fraction of sp³-hybridized carbons (Fsp3) is 0.278. The Morgan fingerprint density at radius 1 is 0.905 bits per heavy atom. The van der Waals surface area contributed by atoms with Crippen LogP contribution in [0.3, 0.4) is 0 Å². The van der Waals surface area contributed by atoms with Crippen molar-refractivity contribution in [1.82, 2.24) is 5.01 Å². The SMILES string of the molecule is CC/C(=N/N(C)C)[Si](C)(c1ccccc1)c1ccccc1. The van der Waals surface area contributed by atoms with E-state index in [2.05, 4.69) is 74.1 Å². The van der Waals surface area contributed by atoms with Crippen molar-refractivity contribution in [2.45, 2.75) is 19.9 Å². The molecule has 2 aromatic rings. The van der Waals surface area contributed by atoms with E-state index in [4.69, 9.17) is 5.10 Å².